The first-order chi connectivity index (χ1) is 6.42. The predicted molar refractivity (Wildman–Crippen MR) is 47.3 cm³/mol. The molecule has 0 fully saturated rings. The molecule has 0 radical (unpaired) electrons. The molecule has 0 aromatic heterocycles. The van der Waals surface area contributed by atoms with Gasteiger partial charge in [0, 0.05) is 5.56 Å². The SMILES string of the molecule is O=CC(F)(c1ccccc1)P(=O)(O)O. The van der Waals surface area contributed by atoms with Crippen LogP contribution in [0.2, 0.25) is 0 Å². The molecule has 0 saturated carbocycles. The zero-order valence-electron chi connectivity index (χ0n) is 7.00. The topological polar surface area (TPSA) is 74.6 Å². The average molecular weight is 218 g/mol. The molecule has 4 nitrogen and oxygen atoms in total. The standard InChI is InChI=1S/C8H8FO4P/c9-8(6-10,14(11,12)13)7-4-2-1-3-5-7/h1-6H,(H2,11,12,13). The molecule has 0 aliphatic carbocycles. The number of benzene rings is 1. The van der Waals surface area contributed by atoms with Gasteiger partial charge in [-0.05, 0) is 0 Å². The summed E-state index contributed by atoms with van der Waals surface area (Å²) in [5, 5.41) is -3.24. The van der Waals surface area contributed by atoms with Gasteiger partial charge in [0.2, 0.25) is 0 Å². The van der Waals surface area contributed by atoms with E-state index in [-0.39, 0.29) is 11.8 Å². The van der Waals surface area contributed by atoms with Gasteiger partial charge in [0.15, 0.2) is 6.29 Å². The molecule has 6 heteroatoms. The van der Waals surface area contributed by atoms with Crippen molar-refractivity contribution < 1.29 is 23.5 Å². The fraction of sp³-hybridized carbons (Fsp3) is 0.125. The lowest BCUT2D eigenvalue weighted by atomic mass is 10.1. The van der Waals surface area contributed by atoms with E-state index in [9.17, 15) is 13.8 Å². The average Bonchev–Trinajstić information content (AvgIpc) is 2.16. The molecule has 76 valence electrons. The van der Waals surface area contributed by atoms with Gasteiger partial charge in [0.05, 0.1) is 0 Å². The van der Waals surface area contributed by atoms with Crippen molar-refractivity contribution >= 4 is 13.9 Å². The summed E-state index contributed by atoms with van der Waals surface area (Å²) in [5.74, 6) is 0. The first-order valence-corrected chi connectivity index (χ1v) is 5.29. The van der Waals surface area contributed by atoms with E-state index < -0.39 is 13.0 Å². The van der Waals surface area contributed by atoms with Crippen molar-refractivity contribution in [2.45, 2.75) is 5.41 Å². The van der Waals surface area contributed by atoms with E-state index in [0.717, 1.165) is 12.1 Å². The van der Waals surface area contributed by atoms with Crippen molar-refractivity contribution in [2.24, 2.45) is 0 Å². The summed E-state index contributed by atoms with van der Waals surface area (Å²) in [4.78, 5) is 27.8. The van der Waals surface area contributed by atoms with Crippen LogP contribution >= 0.6 is 7.60 Å². The lowest BCUT2D eigenvalue weighted by Crippen LogP contribution is -2.21. The maximum Gasteiger partial charge on any atom is 0.374 e. The molecule has 0 spiro atoms. The first kappa shape index (κ1) is 11.0. The molecule has 0 aliphatic heterocycles. The Morgan fingerprint density at radius 2 is 1.79 bits per heavy atom. The summed E-state index contributed by atoms with van der Waals surface area (Å²) in [5.41, 5.74) is -0.344. The molecule has 14 heavy (non-hydrogen) atoms. The largest absolute Gasteiger partial charge is 0.374 e. The minimum absolute atomic E-state index is 0.344. The molecule has 0 heterocycles. The van der Waals surface area contributed by atoms with Gasteiger partial charge in [-0.3, -0.25) is 9.36 Å². The van der Waals surface area contributed by atoms with Crippen LogP contribution in [-0.4, -0.2) is 16.1 Å². The van der Waals surface area contributed by atoms with Crippen LogP contribution in [0.1, 0.15) is 5.56 Å². The van der Waals surface area contributed by atoms with Crippen LogP contribution < -0.4 is 0 Å². The highest BCUT2D eigenvalue weighted by Crippen LogP contribution is 2.56. The van der Waals surface area contributed by atoms with Gasteiger partial charge in [-0.25, -0.2) is 4.39 Å². The van der Waals surface area contributed by atoms with E-state index in [1.807, 2.05) is 0 Å². The van der Waals surface area contributed by atoms with Crippen molar-refractivity contribution in [2.75, 3.05) is 0 Å². The maximum atomic E-state index is 13.6. The highest BCUT2D eigenvalue weighted by atomic mass is 31.2. The molecule has 1 unspecified atom stereocenters. The van der Waals surface area contributed by atoms with E-state index in [4.69, 9.17) is 9.79 Å². The molecule has 0 saturated heterocycles. The lowest BCUT2D eigenvalue weighted by molar-refractivity contribution is -0.114. The Morgan fingerprint density at radius 1 is 1.29 bits per heavy atom. The third kappa shape index (κ3) is 1.75. The van der Waals surface area contributed by atoms with Crippen LogP contribution in [0.4, 0.5) is 4.39 Å². The predicted octanol–water partition coefficient (Wildman–Crippen LogP) is 1.19. The summed E-state index contributed by atoms with van der Waals surface area (Å²) in [6, 6.07) is 6.63. The first-order valence-electron chi connectivity index (χ1n) is 3.68. The Kier molecular flexibility index (Phi) is 2.85. The molecule has 2 N–H and O–H groups in total. The van der Waals surface area contributed by atoms with E-state index >= 15 is 0 Å². The highest BCUT2D eigenvalue weighted by Gasteiger charge is 2.49. The Labute approximate surface area is 79.5 Å². The molecule has 1 atom stereocenters. The maximum absolute atomic E-state index is 13.6. The van der Waals surface area contributed by atoms with Crippen LogP contribution in [-0.2, 0) is 14.8 Å². The van der Waals surface area contributed by atoms with Crippen LogP contribution in [0.15, 0.2) is 30.3 Å². The Bertz CT molecular complexity index is 374. The van der Waals surface area contributed by atoms with Crippen molar-refractivity contribution in [1.29, 1.82) is 0 Å². The third-order valence-electron chi connectivity index (χ3n) is 1.76. The van der Waals surface area contributed by atoms with Crippen LogP contribution in [0.25, 0.3) is 0 Å². The summed E-state index contributed by atoms with van der Waals surface area (Å²) >= 11 is 0. The van der Waals surface area contributed by atoms with Gasteiger partial charge in [-0.15, -0.1) is 0 Å². The van der Waals surface area contributed by atoms with Gasteiger partial charge in [-0.2, -0.15) is 0 Å². The number of halogens is 1. The summed E-state index contributed by atoms with van der Waals surface area (Å²) in [6.07, 6.45) is -0.372. The number of aldehydes is 1. The molecule has 0 aliphatic rings. The van der Waals surface area contributed by atoms with E-state index in [0.29, 0.717) is 0 Å². The molecular formula is C8H8FO4P. The fourth-order valence-corrected chi connectivity index (χ4v) is 1.60. The number of hydrogen-bond acceptors (Lipinski definition) is 2. The van der Waals surface area contributed by atoms with Crippen molar-refractivity contribution in [1.82, 2.24) is 0 Å². The normalized spacial score (nSPS) is 15.9. The second-order valence-corrected chi connectivity index (χ2v) is 4.44. The Balaban J connectivity index is 3.30. The van der Waals surface area contributed by atoms with Crippen LogP contribution in [0.3, 0.4) is 0 Å². The lowest BCUT2D eigenvalue weighted by Gasteiger charge is -2.20. The molecule has 0 amide bonds. The van der Waals surface area contributed by atoms with Gasteiger partial charge in [-0.1, -0.05) is 30.3 Å². The Hall–Kier alpha value is -1.03. The Morgan fingerprint density at radius 3 is 2.14 bits per heavy atom. The number of rotatable bonds is 3. The molecular weight excluding hydrogens is 210 g/mol. The van der Waals surface area contributed by atoms with Crippen LogP contribution in [0, 0.1) is 0 Å². The number of carbonyl (C=O) groups excluding carboxylic acids is 1. The molecule has 1 aromatic rings. The third-order valence-corrected chi connectivity index (χ3v) is 2.97. The number of hydrogen-bond donors (Lipinski definition) is 2. The van der Waals surface area contributed by atoms with Crippen LogP contribution in [0.5, 0.6) is 0 Å². The van der Waals surface area contributed by atoms with Gasteiger partial charge < -0.3 is 9.79 Å². The number of carbonyl (C=O) groups is 1. The fourth-order valence-electron chi connectivity index (χ4n) is 0.977. The quantitative estimate of drug-likeness (QED) is 0.590. The van der Waals surface area contributed by atoms with E-state index in [1.54, 1.807) is 6.07 Å². The zero-order chi connectivity index (χ0) is 10.8. The van der Waals surface area contributed by atoms with Crippen molar-refractivity contribution in [3.8, 4) is 0 Å². The highest BCUT2D eigenvalue weighted by molar-refractivity contribution is 7.53. The summed E-state index contributed by atoms with van der Waals surface area (Å²) < 4.78 is 24.4. The van der Waals surface area contributed by atoms with Gasteiger partial charge >= 0.3 is 7.60 Å². The van der Waals surface area contributed by atoms with Gasteiger partial charge in [0.1, 0.15) is 0 Å². The minimum Gasteiger partial charge on any atom is -0.322 e. The summed E-state index contributed by atoms with van der Waals surface area (Å²) in [7, 11) is -5.14. The monoisotopic (exact) mass is 218 g/mol. The zero-order valence-corrected chi connectivity index (χ0v) is 7.89. The second kappa shape index (κ2) is 3.61. The molecule has 0 bridgehead atoms. The van der Waals surface area contributed by atoms with Crippen molar-refractivity contribution in [3.05, 3.63) is 35.9 Å². The number of alkyl halides is 1. The van der Waals surface area contributed by atoms with E-state index in [1.165, 1.54) is 12.1 Å². The summed E-state index contributed by atoms with van der Waals surface area (Å²) in [6.45, 7) is 0. The van der Waals surface area contributed by atoms with E-state index in [2.05, 4.69) is 0 Å². The minimum atomic E-state index is -5.14. The van der Waals surface area contributed by atoms with Crippen molar-refractivity contribution in [3.63, 3.8) is 0 Å². The van der Waals surface area contributed by atoms with Gasteiger partial charge in [0.25, 0.3) is 5.41 Å². The molecule has 1 aromatic carbocycles. The second-order valence-electron chi connectivity index (χ2n) is 2.70. The molecule has 1 rings (SSSR count). The smallest absolute Gasteiger partial charge is 0.322 e.